The molecular weight excluding hydrogens is 452 g/mol. The van der Waals surface area contributed by atoms with Crippen molar-refractivity contribution in [3.05, 3.63) is 71.8 Å². The van der Waals surface area contributed by atoms with Gasteiger partial charge in [0.05, 0.1) is 6.04 Å². The topological polar surface area (TPSA) is 82.7 Å². The van der Waals surface area contributed by atoms with Crippen LogP contribution in [0.4, 0.5) is 4.79 Å². The molecule has 0 radical (unpaired) electrons. The van der Waals surface area contributed by atoms with Gasteiger partial charge in [0, 0.05) is 37.6 Å². The zero-order chi connectivity index (χ0) is 26.1. The van der Waals surface area contributed by atoms with Crippen LogP contribution in [-0.2, 0) is 9.53 Å². The number of alkyl carbamates (subject to hydrolysis) is 1. The van der Waals surface area contributed by atoms with Gasteiger partial charge >= 0.3 is 6.09 Å². The Labute approximate surface area is 216 Å². The Balaban J connectivity index is 1.79. The van der Waals surface area contributed by atoms with Crippen molar-refractivity contribution in [2.24, 2.45) is 0 Å². The van der Waals surface area contributed by atoms with Crippen LogP contribution in [0.25, 0.3) is 0 Å². The van der Waals surface area contributed by atoms with Gasteiger partial charge in [0.25, 0.3) is 0 Å². The van der Waals surface area contributed by atoms with Gasteiger partial charge in [-0.25, -0.2) is 4.79 Å². The molecule has 0 spiro atoms. The first kappa shape index (κ1) is 27.7. The van der Waals surface area contributed by atoms with Gasteiger partial charge in [0.2, 0.25) is 5.91 Å². The summed E-state index contributed by atoms with van der Waals surface area (Å²) in [6, 6.07) is 20.3. The largest absolute Gasteiger partial charge is 0.444 e. The number of amides is 2. The molecule has 1 aliphatic rings. The highest BCUT2D eigenvalue weighted by atomic mass is 16.6. The van der Waals surface area contributed by atoms with Crippen molar-refractivity contribution in [2.75, 3.05) is 26.7 Å². The number of ether oxygens (including phenoxy) is 1. The van der Waals surface area contributed by atoms with E-state index in [-0.39, 0.29) is 23.9 Å². The second-order valence-corrected chi connectivity index (χ2v) is 10.7. The van der Waals surface area contributed by atoms with Crippen LogP contribution in [0.5, 0.6) is 0 Å². The van der Waals surface area contributed by atoms with E-state index in [1.54, 1.807) is 0 Å². The van der Waals surface area contributed by atoms with Gasteiger partial charge in [-0.15, -0.1) is 0 Å². The van der Waals surface area contributed by atoms with Gasteiger partial charge in [-0.05, 0) is 58.7 Å². The van der Waals surface area contributed by atoms with Crippen LogP contribution in [0, 0.1) is 0 Å². The maximum atomic E-state index is 13.8. The van der Waals surface area contributed by atoms with Crippen LogP contribution in [0.2, 0.25) is 0 Å². The fourth-order valence-corrected chi connectivity index (χ4v) is 4.75. The number of benzene rings is 2. The van der Waals surface area contributed by atoms with E-state index < -0.39 is 17.7 Å². The van der Waals surface area contributed by atoms with Crippen LogP contribution in [0.1, 0.15) is 57.6 Å². The van der Waals surface area contributed by atoms with Gasteiger partial charge in [-0.3, -0.25) is 4.79 Å². The van der Waals surface area contributed by atoms with E-state index in [0.29, 0.717) is 19.5 Å². The molecular formula is C29H42N4O3. The average molecular weight is 495 g/mol. The standard InChI is InChI=1S/C29H42N4O3/c1-21(31-28(35)36-29(2,3)4)18-26-27(34)33(17-16-24(32-26)19-30-5)20-25(22-12-8-6-9-13-22)23-14-10-7-11-15-23/h6-15,21,24-26,30,32H,16-20H2,1-5H3,(H,31,35)/t21?,24-,26-/m0/s1. The van der Waals surface area contributed by atoms with Gasteiger partial charge in [-0.2, -0.15) is 0 Å². The monoisotopic (exact) mass is 494 g/mol. The first-order valence-corrected chi connectivity index (χ1v) is 12.9. The highest BCUT2D eigenvalue weighted by Gasteiger charge is 2.33. The summed E-state index contributed by atoms with van der Waals surface area (Å²) in [5, 5.41) is 9.68. The molecule has 3 atom stereocenters. The molecule has 3 rings (SSSR count). The normalized spacial score (nSPS) is 19.6. The Morgan fingerprint density at radius 1 is 1.08 bits per heavy atom. The molecule has 7 nitrogen and oxygen atoms in total. The Morgan fingerprint density at radius 2 is 1.67 bits per heavy atom. The molecule has 0 saturated carbocycles. The highest BCUT2D eigenvalue weighted by molar-refractivity contribution is 5.82. The highest BCUT2D eigenvalue weighted by Crippen LogP contribution is 2.27. The first-order valence-electron chi connectivity index (χ1n) is 12.9. The van der Waals surface area contributed by atoms with Crippen LogP contribution in [0.3, 0.4) is 0 Å². The van der Waals surface area contributed by atoms with Crippen molar-refractivity contribution >= 4 is 12.0 Å². The Hall–Kier alpha value is -2.90. The van der Waals surface area contributed by atoms with Gasteiger partial charge in [-0.1, -0.05) is 60.7 Å². The zero-order valence-corrected chi connectivity index (χ0v) is 22.3. The number of hydrogen-bond donors (Lipinski definition) is 3. The molecule has 2 aromatic carbocycles. The SMILES string of the molecule is CNC[C@@H]1CCN(CC(c2ccccc2)c2ccccc2)C(=O)[C@H](CC(C)NC(=O)OC(C)(C)C)N1. The predicted molar refractivity (Wildman–Crippen MR) is 144 cm³/mol. The van der Waals surface area contributed by atoms with Crippen molar-refractivity contribution in [1.29, 1.82) is 0 Å². The van der Waals surface area contributed by atoms with Crippen molar-refractivity contribution < 1.29 is 14.3 Å². The lowest BCUT2D eigenvalue weighted by molar-refractivity contribution is -0.133. The molecule has 7 heteroatoms. The Bertz CT molecular complexity index is 922. The van der Waals surface area contributed by atoms with Crippen LogP contribution < -0.4 is 16.0 Å². The molecule has 1 saturated heterocycles. The average Bonchev–Trinajstić information content (AvgIpc) is 2.96. The van der Waals surface area contributed by atoms with Crippen LogP contribution >= 0.6 is 0 Å². The lowest BCUT2D eigenvalue weighted by Gasteiger charge is -2.30. The fraction of sp³-hybridized carbons (Fsp3) is 0.517. The number of nitrogens with one attached hydrogen (secondary N) is 3. The number of carbonyl (C=O) groups excluding carboxylic acids is 2. The third-order valence-electron chi connectivity index (χ3n) is 6.40. The van der Waals surface area contributed by atoms with Gasteiger partial charge in [0.1, 0.15) is 5.60 Å². The summed E-state index contributed by atoms with van der Waals surface area (Å²) in [6.45, 7) is 9.48. The molecule has 1 fully saturated rings. The molecule has 36 heavy (non-hydrogen) atoms. The second kappa shape index (κ2) is 12.9. The number of likely N-dealkylation sites (N-methyl/N-ethyl adjacent to an activating group) is 1. The number of nitrogens with zero attached hydrogens (tertiary/aromatic N) is 1. The van der Waals surface area contributed by atoms with E-state index in [1.165, 1.54) is 11.1 Å². The molecule has 0 aromatic heterocycles. The Kier molecular flexibility index (Phi) is 9.90. The summed E-state index contributed by atoms with van der Waals surface area (Å²) in [5.41, 5.74) is 1.81. The Morgan fingerprint density at radius 3 is 2.19 bits per heavy atom. The van der Waals surface area contributed by atoms with Crippen molar-refractivity contribution in [2.45, 2.75) is 70.2 Å². The lowest BCUT2D eigenvalue weighted by Crippen LogP contribution is -2.51. The van der Waals surface area contributed by atoms with E-state index in [1.807, 2.05) is 76.0 Å². The van der Waals surface area contributed by atoms with E-state index >= 15 is 0 Å². The van der Waals surface area contributed by atoms with Crippen molar-refractivity contribution in [1.82, 2.24) is 20.9 Å². The van der Waals surface area contributed by atoms with E-state index in [9.17, 15) is 9.59 Å². The molecule has 1 unspecified atom stereocenters. The second-order valence-electron chi connectivity index (χ2n) is 10.7. The van der Waals surface area contributed by atoms with Crippen LogP contribution in [0.15, 0.2) is 60.7 Å². The maximum Gasteiger partial charge on any atom is 0.407 e. The van der Waals surface area contributed by atoms with Gasteiger partial charge < -0.3 is 25.6 Å². The number of rotatable bonds is 9. The first-order chi connectivity index (χ1) is 17.2. The molecule has 2 amide bonds. The molecule has 1 heterocycles. The smallest absolute Gasteiger partial charge is 0.407 e. The number of carbonyl (C=O) groups is 2. The summed E-state index contributed by atoms with van der Waals surface area (Å²) in [5.74, 6) is 0.151. The third kappa shape index (κ3) is 8.35. The summed E-state index contributed by atoms with van der Waals surface area (Å²) in [6.07, 6.45) is 0.872. The van der Waals surface area contributed by atoms with E-state index in [2.05, 4.69) is 40.2 Å². The molecule has 0 bridgehead atoms. The molecule has 2 aromatic rings. The summed E-state index contributed by atoms with van der Waals surface area (Å²) in [7, 11) is 1.93. The summed E-state index contributed by atoms with van der Waals surface area (Å²) < 4.78 is 5.40. The minimum absolute atomic E-state index is 0.0725. The van der Waals surface area contributed by atoms with E-state index in [0.717, 1.165) is 13.0 Å². The molecule has 1 aliphatic heterocycles. The number of hydrogen-bond acceptors (Lipinski definition) is 5. The summed E-state index contributed by atoms with van der Waals surface area (Å²) >= 11 is 0. The van der Waals surface area contributed by atoms with Gasteiger partial charge in [0.15, 0.2) is 0 Å². The van der Waals surface area contributed by atoms with Crippen molar-refractivity contribution in [3.63, 3.8) is 0 Å². The molecule has 196 valence electrons. The zero-order valence-electron chi connectivity index (χ0n) is 22.3. The third-order valence-corrected chi connectivity index (χ3v) is 6.40. The maximum absolute atomic E-state index is 13.8. The minimum atomic E-state index is -0.571. The van der Waals surface area contributed by atoms with E-state index in [4.69, 9.17) is 4.74 Å². The van der Waals surface area contributed by atoms with Crippen LogP contribution in [-0.4, -0.2) is 67.3 Å². The lowest BCUT2D eigenvalue weighted by atomic mass is 9.90. The quantitative estimate of drug-likeness (QED) is 0.493. The molecule has 0 aliphatic carbocycles. The van der Waals surface area contributed by atoms with Crippen molar-refractivity contribution in [3.8, 4) is 0 Å². The fourth-order valence-electron chi connectivity index (χ4n) is 4.75. The molecule has 3 N–H and O–H groups in total. The minimum Gasteiger partial charge on any atom is -0.444 e. The predicted octanol–water partition coefficient (Wildman–Crippen LogP) is 3.90. The summed E-state index contributed by atoms with van der Waals surface area (Å²) in [4.78, 5) is 28.1.